The highest BCUT2D eigenvalue weighted by molar-refractivity contribution is 6.29. The van der Waals surface area contributed by atoms with Gasteiger partial charge in [0.2, 0.25) is 0 Å². The molecule has 0 unspecified atom stereocenters. The summed E-state index contributed by atoms with van der Waals surface area (Å²) in [6.45, 7) is 1.71. The minimum atomic E-state index is -0.904. The normalized spacial score (nSPS) is 9.67. The zero-order chi connectivity index (χ0) is 13.7. The maximum absolute atomic E-state index is 11.9. The third-order valence-corrected chi connectivity index (χ3v) is 2.23. The maximum atomic E-state index is 11.9. The number of hydrazine groups is 1. The number of rotatable bonds is 3. The van der Waals surface area contributed by atoms with Gasteiger partial charge in [-0.3, -0.25) is 15.1 Å². The summed E-state index contributed by atoms with van der Waals surface area (Å²) in [5, 5.41) is 16.9. The van der Waals surface area contributed by atoms with Crippen molar-refractivity contribution in [3.05, 3.63) is 39.2 Å². The smallest absolute Gasteiger partial charge is 0.262 e. The number of nitrogens with one attached hydrogen (secondary N) is 2. The Hall–Kier alpha value is -2.22. The molecule has 0 bridgehead atoms. The topological polar surface area (TPSA) is 112 Å². The predicted octanol–water partition coefficient (Wildman–Crippen LogP) is 0.913. The van der Waals surface area contributed by atoms with E-state index < -0.39 is 16.9 Å². The van der Waals surface area contributed by atoms with Gasteiger partial charge >= 0.3 is 0 Å². The molecule has 1 heterocycles. The standard InChI is InChI=1S/C9H10ClN5O3/c1-2-14(9(11)13-15(17)18)8(16)6-3-4-7(10)12-5-6/h3-5H,2H2,1H3,(H2,11,13). The van der Waals surface area contributed by atoms with E-state index >= 15 is 0 Å². The molecule has 1 amide bonds. The van der Waals surface area contributed by atoms with Crippen LogP contribution in [0.5, 0.6) is 0 Å². The lowest BCUT2D eigenvalue weighted by molar-refractivity contribution is -0.526. The molecule has 0 aliphatic heterocycles. The van der Waals surface area contributed by atoms with E-state index in [1.54, 1.807) is 12.3 Å². The molecule has 1 aromatic heterocycles. The Bertz CT molecular complexity index is 476. The Kier molecular flexibility index (Phi) is 4.55. The number of nitrogens with zero attached hydrogens (tertiary/aromatic N) is 3. The van der Waals surface area contributed by atoms with Crippen LogP contribution in [-0.2, 0) is 0 Å². The molecule has 1 aromatic rings. The van der Waals surface area contributed by atoms with Gasteiger partial charge in [-0.15, -0.1) is 0 Å². The number of carbonyl (C=O) groups excluding carboxylic acids is 1. The van der Waals surface area contributed by atoms with Gasteiger partial charge in [-0.1, -0.05) is 17.0 Å². The Labute approximate surface area is 107 Å². The van der Waals surface area contributed by atoms with E-state index in [2.05, 4.69) is 4.98 Å². The van der Waals surface area contributed by atoms with Crippen molar-refractivity contribution < 1.29 is 9.83 Å². The fourth-order valence-corrected chi connectivity index (χ4v) is 1.32. The van der Waals surface area contributed by atoms with Crippen molar-refractivity contribution in [2.24, 2.45) is 0 Å². The summed E-state index contributed by atoms with van der Waals surface area (Å²) < 4.78 is 0. The molecule has 0 radical (unpaired) electrons. The van der Waals surface area contributed by atoms with E-state index in [1.807, 2.05) is 0 Å². The van der Waals surface area contributed by atoms with Crippen LogP contribution in [0.1, 0.15) is 17.3 Å². The van der Waals surface area contributed by atoms with Crippen molar-refractivity contribution in [1.82, 2.24) is 15.3 Å². The number of nitro groups is 1. The molecule has 1 rings (SSSR count). The van der Waals surface area contributed by atoms with Crippen LogP contribution < -0.4 is 5.43 Å². The average Bonchev–Trinajstić information content (AvgIpc) is 2.29. The lowest BCUT2D eigenvalue weighted by atomic mass is 10.2. The van der Waals surface area contributed by atoms with Crippen molar-refractivity contribution >= 4 is 23.5 Å². The minimum absolute atomic E-state index is 0.112. The average molecular weight is 272 g/mol. The first-order chi connectivity index (χ1) is 8.45. The highest BCUT2D eigenvalue weighted by Crippen LogP contribution is 2.08. The molecule has 9 heteroatoms. The minimum Gasteiger partial charge on any atom is -0.275 e. The number of hydrogen-bond acceptors (Lipinski definition) is 5. The summed E-state index contributed by atoms with van der Waals surface area (Å²) in [5.41, 5.74) is 1.81. The highest BCUT2D eigenvalue weighted by atomic mass is 35.5. The largest absolute Gasteiger partial charge is 0.275 e. The number of hydrogen-bond donors (Lipinski definition) is 2. The van der Waals surface area contributed by atoms with Crippen molar-refractivity contribution in [3.8, 4) is 0 Å². The van der Waals surface area contributed by atoms with E-state index in [-0.39, 0.29) is 17.3 Å². The molecule has 0 saturated heterocycles. The second kappa shape index (κ2) is 5.92. The quantitative estimate of drug-likeness (QED) is 0.279. The monoisotopic (exact) mass is 271 g/mol. The Morgan fingerprint density at radius 3 is 2.78 bits per heavy atom. The molecule has 0 fully saturated rings. The Morgan fingerprint density at radius 2 is 2.33 bits per heavy atom. The van der Waals surface area contributed by atoms with E-state index in [4.69, 9.17) is 17.0 Å². The summed E-state index contributed by atoms with van der Waals surface area (Å²) in [5.74, 6) is -1.18. The van der Waals surface area contributed by atoms with Gasteiger partial charge in [-0.05, 0) is 19.1 Å². The number of aromatic nitrogens is 1. The lowest BCUT2D eigenvalue weighted by Gasteiger charge is -2.18. The van der Waals surface area contributed by atoms with Crippen LogP contribution in [0.25, 0.3) is 0 Å². The first kappa shape index (κ1) is 13.8. The Morgan fingerprint density at radius 1 is 1.67 bits per heavy atom. The molecule has 0 aliphatic carbocycles. The molecule has 18 heavy (non-hydrogen) atoms. The molecule has 0 saturated carbocycles. The molecular formula is C9H10ClN5O3. The summed E-state index contributed by atoms with van der Waals surface area (Å²) in [7, 11) is 0. The van der Waals surface area contributed by atoms with Crippen molar-refractivity contribution in [1.29, 1.82) is 5.41 Å². The fraction of sp³-hybridized carbons (Fsp3) is 0.222. The van der Waals surface area contributed by atoms with Crippen LogP contribution in [0.2, 0.25) is 5.15 Å². The van der Waals surface area contributed by atoms with Gasteiger partial charge in [0.05, 0.1) is 5.56 Å². The zero-order valence-electron chi connectivity index (χ0n) is 9.38. The Balaban J connectivity index is 2.88. The first-order valence-corrected chi connectivity index (χ1v) is 5.26. The molecule has 96 valence electrons. The third kappa shape index (κ3) is 3.39. The van der Waals surface area contributed by atoms with Gasteiger partial charge in [0.25, 0.3) is 11.9 Å². The van der Waals surface area contributed by atoms with Crippen molar-refractivity contribution in [2.75, 3.05) is 6.54 Å². The van der Waals surface area contributed by atoms with Gasteiger partial charge in [-0.2, -0.15) is 0 Å². The molecule has 0 spiro atoms. The van der Waals surface area contributed by atoms with Gasteiger partial charge in [-0.25, -0.2) is 15.1 Å². The number of halogens is 1. The zero-order valence-corrected chi connectivity index (χ0v) is 10.1. The molecule has 0 aromatic carbocycles. The van der Waals surface area contributed by atoms with Crippen LogP contribution >= 0.6 is 11.6 Å². The second-order valence-electron chi connectivity index (χ2n) is 3.14. The molecule has 8 nitrogen and oxygen atoms in total. The van der Waals surface area contributed by atoms with E-state index in [1.165, 1.54) is 18.3 Å². The van der Waals surface area contributed by atoms with Gasteiger partial charge < -0.3 is 0 Å². The summed E-state index contributed by atoms with van der Waals surface area (Å²) >= 11 is 5.58. The number of carbonyl (C=O) groups is 1. The third-order valence-electron chi connectivity index (χ3n) is 2.00. The SMILES string of the molecule is CCN(C(=N)N[N+](=O)[O-])C(=O)c1ccc(Cl)nc1. The highest BCUT2D eigenvalue weighted by Gasteiger charge is 2.21. The van der Waals surface area contributed by atoms with Crippen molar-refractivity contribution in [2.45, 2.75) is 6.92 Å². The van der Waals surface area contributed by atoms with Crippen LogP contribution in [0.3, 0.4) is 0 Å². The maximum Gasteiger partial charge on any atom is 0.262 e. The van der Waals surface area contributed by atoms with Gasteiger partial charge in [0.1, 0.15) is 5.15 Å². The first-order valence-electron chi connectivity index (χ1n) is 4.88. The number of guanidine groups is 1. The van der Waals surface area contributed by atoms with E-state index in [0.717, 1.165) is 4.90 Å². The molecule has 0 aliphatic rings. The molecule has 0 atom stereocenters. The van der Waals surface area contributed by atoms with Crippen molar-refractivity contribution in [3.63, 3.8) is 0 Å². The second-order valence-corrected chi connectivity index (χ2v) is 3.52. The lowest BCUT2D eigenvalue weighted by Crippen LogP contribution is -2.46. The van der Waals surface area contributed by atoms with Crippen LogP contribution in [0, 0.1) is 15.5 Å². The van der Waals surface area contributed by atoms with E-state index in [0.29, 0.717) is 0 Å². The van der Waals surface area contributed by atoms with Gasteiger partial charge in [0, 0.05) is 12.7 Å². The molecular weight excluding hydrogens is 262 g/mol. The van der Waals surface area contributed by atoms with Crippen LogP contribution in [-0.4, -0.2) is 33.3 Å². The van der Waals surface area contributed by atoms with E-state index in [9.17, 15) is 14.9 Å². The predicted molar refractivity (Wildman–Crippen MR) is 63.8 cm³/mol. The number of amides is 1. The van der Waals surface area contributed by atoms with Gasteiger partial charge in [0.15, 0.2) is 5.03 Å². The summed E-state index contributed by atoms with van der Waals surface area (Å²) in [6, 6.07) is 2.85. The number of pyridine rings is 1. The van der Waals surface area contributed by atoms with Crippen LogP contribution in [0.4, 0.5) is 0 Å². The van der Waals surface area contributed by atoms with Crippen LogP contribution in [0.15, 0.2) is 18.3 Å². The fourth-order valence-electron chi connectivity index (χ4n) is 1.21. The summed E-state index contributed by atoms with van der Waals surface area (Å²) in [4.78, 5) is 26.8. The molecule has 2 N–H and O–H groups in total. The summed E-state index contributed by atoms with van der Waals surface area (Å²) in [6.07, 6.45) is 1.24.